The van der Waals surface area contributed by atoms with Crippen LogP contribution in [0.15, 0.2) is 17.0 Å². The number of sulfonamides is 1. The second-order valence-corrected chi connectivity index (χ2v) is 6.15. The van der Waals surface area contributed by atoms with Crippen molar-refractivity contribution in [2.24, 2.45) is 0 Å². The van der Waals surface area contributed by atoms with E-state index in [9.17, 15) is 17.2 Å². The SMILES string of the molecule is CCOCCN(CC)S(=O)(=O)c1cc(CO)cc(F)c1F. The van der Waals surface area contributed by atoms with Gasteiger partial charge in [0.15, 0.2) is 11.6 Å². The molecule has 0 aromatic heterocycles. The van der Waals surface area contributed by atoms with Gasteiger partial charge in [0.05, 0.1) is 13.2 Å². The number of hydrogen-bond acceptors (Lipinski definition) is 4. The lowest BCUT2D eigenvalue weighted by Crippen LogP contribution is -2.34. The van der Waals surface area contributed by atoms with Crippen molar-refractivity contribution < 1.29 is 27.0 Å². The van der Waals surface area contributed by atoms with Crippen molar-refractivity contribution in [3.63, 3.8) is 0 Å². The molecule has 1 N–H and O–H groups in total. The van der Waals surface area contributed by atoms with Crippen molar-refractivity contribution in [2.45, 2.75) is 25.3 Å². The molecule has 0 amide bonds. The van der Waals surface area contributed by atoms with E-state index >= 15 is 0 Å². The highest BCUT2D eigenvalue weighted by Gasteiger charge is 2.28. The number of halogens is 2. The molecule has 0 radical (unpaired) electrons. The largest absolute Gasteiger partial charge is 0.392 e. The Balaban J connectivity index is 3.19. The maximum Gasteiger partial charge on any atom is 0.246 e. The third kappa shape index (κ3) is 4.19. The van der Waals surface area contributed by atoms with Crippen molar-refractivity contribution in [1.82, 2.24) is 4.31 Å². The highest BCUT2D eigenvalue weighted by atomic mass is 32.2. The molecule has 0 aliphatic carbocycles. The minimum absolute atomic E-state index is 0.00617. The zero-order chi connectivity index (χ0) is 16.0. The number of rotatable bonds is 8. The molecule has 0 bridgehead atoms. The van der Waals surface area contributed by atoms with E-state index in [-0.39, 0.29) is 25.3 Å². The molecule has 8 heteroatoms. The number of hydrogen-bond donors (Lipinski definition) is 1. The lowest BCUT2D eigenvalue weighted by atomic mass is 10.2. The molecule has 0 heterocycles. The molecule has 0 aliphatic heterocycles. The quantitative estimate of drug-likeness (QED) is 0.736. The summed E-state index contributed by atoms with van der Waals surface area (Å²) in [4.78, 5) is -0.773. The molecule has 0 saturated heterocycles. The average molecular weight is 323 g/mol. The smallest absolute Gasteiger partial charge is 0.246 e. The Kier molecular flexibility index (Phi) is 6.66. The van der Waals surface area contributed by atoms with Crippen LogP contribution in [0, 0.1) is 11.6 Å². The van der Waals surface area contributed by atoms with Crippen LogP contribution in [-0.2, 0) is 21.4 Å². The van der Waals surface area contributed by atoms with Crippen LogP contribution >= 0.6 is 0 Å². The zero-order valence-electron chi connectivity index (χ0n) is 12.0. The Bertz CT molecular complexity index is 578. The lowest BCUT2D eigenvalue weighted by molar-refractivity contribution is 0.135. The Morgan fingerprint density at radius 2 is 1.95 bits per heavy atom. The van der Waals surface area contributed by atoms with Crippen LogP contribution in [0.3, 0.4) is 0 Å². The van der Waals surface area contributed by atoms with Gasteiger partial charge in [-0.25, -0.2) is 17.2 Å². The predicted molar refractivity (Wildman–Crippen MR) is 73.2 cm³/mol. The van der Waals surface area contributed by atoms with Crippen LogP contribution in [0.2, 0.25) is 0 Å². The molecule has 0 unspecified atom stereocenters. The van der Waals surface area contributed by atoms with Gasteiger partial charge >= 0.3 is 0 Å². The second-order valence-electron chi connectivity index (χ2n) is 4.24. The Hall–Kier alpha value is -1.09. The molecule has 1 aromatic rings. The topological polar surface area (TPSA) is 66.8 Å². The summed E-state index contributed by atoms with van der Waals surface area (Å²) in [6.07, 6.45) is 0. The molecule has 1 aromatic carbocycles. The maximum atomic E-state index is 13.8. The van der Waals surface area contributed by atoms with E-state index in [1.54, 1.807) is 13.8 Å². The molecule has 0 atom stereocenters. The fourth-order valence-electron chi connectivity index (χ4n) is 1.79. The molecule has 5 nitrogen and oxygen atoms in total. The molecule has 0 fully saturated rings. The number of benzene rings is 1. The van der Waals surface area contributed by atoms with Crippen LogP contribution in [0.4, 0.5) is 8.78 Å². The van der Waals surface area contributed by atoms with Gasteiger partial charge in [0.25, 0.3) is 0 Å². The van der Waals surface area contributed by atoms with Gasteiger partial charge in [-0.1, -0.05) is 6.92 Å². The summed E-state index contributed by atoms with van der Waals surface area (Å²) < 4.78 is 58.1. The van der Waals surface area contributed by atoms with Crippen LogP contribution in [-0.4, -0.2) is 44.1 Å². The minimum atomic E-state index is -4.19. The first-order chi connectivity index (χ1) is 9.88. The van der Waals surface area contributed by atoms with E-state index in [1.165, 1.54) is 0 Å². The van der Waals surface area contributed by atoms with E-state index in [2.05, 4.69) is 0 Å². The average Bonchev–Trinajstić information content (AvgIpc) is 2.45. The van der Waals surface area contributed by atoms with Crippen molar-refractivity contribution in [2.75, 3.05) is 26.3 Å². The molecular weight excluding hydrogens is 304 g/mol. The van der Waals surface area contributed by atoms with E-state index in [0.717, 1.165) is 16.4 Å². The predicted octanol–water partition coefficient (Wildman–Crippen LogP) is 1.50. The van der Waals surface area contributed by atoms with Gasteiger partial charge in [0, 0.05) is 19.7 Å². The summed E-state index contributed by atoms with van der Waals surface area (Å²) in [6, 6.07) is 1.71. The van der Waals surface area contributed by atoms with Gasteiger partial charge in [-0.15, -0.1) is 0 Å². The van der Waals surface area contributed by atoms with Gasteiger partial charge in [0.1, 0.15) is 4.90 Å². The summed E-state index contributed by atoms with van der Waals surface area (Å²) >= 11 is 0. The first-order valence-electron chi connectivity index (χ1n) is 6.55. The summed E-state index contributed by atoms with van der Waals surface area (Å²) in [6.45, 7) is 3.51. The first kappa shape index (κ1) is 18.0. The molecule has 1 rings (SSSR count). The molecular formula is C13H19F2NO4S. The Morgan fingerprint density at radius 3 is 2.48 bits per heavy atom. The van der Waals surface area contributed by atoms with Crippen LogP contribution < -0.4 is 0 Å². The summed E-state index contributed by atoms with van der Waals surface area (Å²) in [5.74, 6) is -2.75. The minimum Gasteiger partial charge on any atom is -0.392 e. The van der Waals surface area contributed by atoms with Gasteiger partial charge in [-0.2, -0.15) is 4.31 Å². The van der Waals surface area contributed by atoms with Gasteiger partial charge in [-0.05, 0) is 24.6 Å². The molecule has 0 aliphatic rings. The van der Waals surface area contributed by atoms with E-state index in [4.69, 9.17) is 9.84 Å². The van der Waals surface area contributed by atoms with Gasteiger partial charge in [-0.3, -0.25) is 0 Å². The Labute approximate surface area is 123 Å². The molecule has 0 spiro atoms. The summed E-state index contributed by atoms with van der Waals surface area (Å²) in [7, 11) is -4.19. The normalized spacial score (nSPS) is 12.1. The lowest BCUT2D eigenvalue weighted by Gasteiger charge is -2.21. The monoisotopic (exact) mass is 323 g/mol. The second kappa shape index (κ2) is 7.79. The van der Waals surface area contributed by atoms with Gasteiger partial charge in [0.2, 0.25) is 10.0 Å². The number of aliphatic hydroxyl groups excluding tert-OH is 1. The van der Waals surface area contributed by atoms with Crippen LogP contribution in [0.5, 0.6) is 0 Å². The first-order valence-corrected chi connectivity index (χ1v) is 7.99. The zero-order valence-corrected chi connectivity index (χ0v) is 12.8. The highest BCUT2D eigenvalue weighted by molar-refractivity contribution is 7.89. The number of nitrogens with zero attached hydrogens (tertiary/aromatic N) is 1. The fourth-order valence-corrected chi connectivity index (χ4v) is 3.35. The van der Waals surface area contributed by atoms with E-state index in [0.29, 0.717) is 6.61 Å². The maximum absolute atomic E-state index is 13.8. The summed E-state index contributed by atoms with van der Waals surface area (Å²) in [5, 5.41) is 8.99. The number of ether oxygens (including phenoxy) is 1. The van der Waals surface area contributed by atoms with E-state index in [1.807, 2.05) is 0 Å². The van der Waals surface area contributed by atoms with Crippen molar-refractivity contribution in [1.29, 1.82) is 0 Å². The summed E-state index contributed by atoms with van der Waals surface area (Å²) in [5.41, 5.74) is -0.00617. The van der Waals surface area contributed by atoms with Gasteiger partial charge < -0.3 is 9.84 Å². The van der Waals surface area contributed by atoms with Crippen LogP contribution in [0.25, 0.3) is 0 Å². The molecule has 0 saturated carbocycles. The Morgan fingerprint density at radius 1 is 1.29 bits per heavy atom. The highest BCUT2D eigenvalue weighted by Crippen LogP contribution is 2.23. The third-order valence-electron chi connectivity index (χ3n) is 2.90. The van der Waals surface area contributed by atoms with E-state index < -0.39 is 33.2 Å². The van der Waals surface area contributed by atoms with Crippen molar-refractivity contribution >= 4 is 10.0 Å². The van der Waals surface area contributed by atoms with Crippen LogP contribution in [0.1, 0.15) is 19.4 Å². The molecule has 120 valence electrons. The van der Waals surface area contributed by atoms with Crippen molar-refractivity contribution in [3.05, 3.63) is 29.3 Å². The number of aliphatic hydroxyl groups is 1. The number of likely N-dealkylation sites (N-methyl/N-ethyl adjacent to an activating group) is 1. The molecule has 21 heavy (non-hydrogen) atoms. The standard InChI is InChI=1S/C13H19F2NO4S/c1-3-16(5-6-20-4-2)21(18,19)12-8-10(9-17)7-11(14)13(12)15/h7-8,17H,3-6,9H2,1-2H3. The fraction of sp³-hybridized carbons (Fsp3) is 0.538. The third-order valence-corrected chi connectivity index (χ3v) is 4.87. The van der Waals surface area contributed by atoms with Crippen molar-refractivity contribution in [3.8, 4) is 0 Å².